The van der Waals surface area contributed by atoms with E-state index in [1.165, 1.54) is 24.5 Å². The number of amides is 1. The van der Waals surface area contributed by atoms with Gasteiger partial charge < -0.3 is 15.3 Å². The summed E-state index contributed by atoms with van der Waals surface area (Å²) >= 11 is 6.32. The fourth-order valence-corrected chi connectivity index (χ4v) is 5.47. The maximum atomic E-state index is 13.8. The first-order chi connectivity index (χ1) is 18.1. The Bertz CT molecular complexity index is 1860. The lowest BCUT2D eigenvalue weighted by atomic mass is 10.0. The molecule has 38 heavy (non-hydrogen) atoms. The van der Waals surface area contributed by atoms with E-state index in [1.54, 1.807) is 59.2 Å². The molecule has 0 aliphatic heterocycles. The minimum absolute atomic E-state index is 0.0231. The summed E-state index contributed by atoms with van der Waals surface area (Å²) in [5.74, 6) is -0.618. The molecule has 0 fully saturated rings. The van der Waals surface area contributed by atoms with Gasteiger partial charge in [0.1, 0.15) is 11.5 Å². The third-order valence-electron chi connectivity index (χ3n) is 6.07. The largest absolute Gasteiger partial charge is 0.384 e. The van der Waals surface area contributed by atoms with Gasteiger partial charge in [0, 0.05) is 46.0 Å². The molecule has 0 bridgehead atoms. The number of carbonyl (C=O) groups is 1. The highest BCUT2D eigenvalue weighted by Gasteiger charge is 2.29. The second-order valence-corrected chi connectivity index (χ2v) is 10.8. The van der Waals surface area contributed by atoms with Crippen LogP contribution in [-0.4, -0.2) is 28.9 Å². The molecule has 0 atom stereocenters. The number of aromatic nitrogens is 3. The van der Waals surface area contributed by atoms with Crippen molar-refractivity contribution in [1.29, 1.82) is 0 Å². The topological polar surface area (TPSA) is 140 Å². The van der Waals surface area contributed by atoms with Crippen molar-refractivity contribution in [1.82, 2.24) is 19.3 Å². The molecule has 3 heterocycles. The predicted molar refractivity (Wildman–Crippen MR) is 147 cm³/mol. The van der Waals surface area contributed by atoms with Gasteiger partial charge in [0.25, 0.3) is 21.5 Å². The van der Waals surface area contributed by atoms with Crippen LogP contribution in [0.1, 0.15) is 21.6 Å². The number of hydrogen-bond donors (Lipinski definition) is 3. The maximum Gasteiger partial charge on any atom is 0.282 e. The van der Waals surface area contributed by atoms with Gasteiger partial charge in [-0.1, -0.05) is 29.3 Å². The fourth-order valence-electron chi connectivity index (χ4n) is 4.34. The molecule has 3 aromatic heterocycles. The SMILES string of the molecule is Cc1ccc(S(=O)(=O)NC(=O)c2c(-c3ccc[nH]c3=O)c3cc(Cl)ccc3n2Cc2ccnc(N)c2)cc1. The number of sulfonamides is 1. The Morgan fingerprint density at radius 2 is 1.87 bits per heavy atom. The molecule has 0 radical (unpaired) electrons. The van der Waals surface area contributed by atoms with Gasteiger partial charge >= 0.3 is 0 Å². The highest BCUT2D eigenvalue weighted by molar-refractivity contribution is 7.90. The van der Waals surface area contributed by atoms with Crippen molar-refractivity contribution >= 4 is 44.3 Å². The zero-order valence-electron chi connectivity index (χ0n) is 20.1. The van der Waals surface area contributed by atoms with Gasteiger partial charge in [-0.05, 0) is 67.1 Å². The molecular formula is C27H22ClN5O4S. The Kier molecular flexibility index (Phi) is 6.52. The van der Waals surface area contributed by atoms with E-state index in [9.17, 15) is 18.0 Å². The molecule has 5 rings (SSSR count). The van der Waals surface area contributed by atoms with E-state index < -0.39 is 21.5 Å². The number of halogens is 1. The average Bonchev–Trinajstić information content (AvgIpc) is 3.17. The second-order valence-electron chi connectivity index (χ2n) is 8.72. The van der Waals surface area contributed by atoms with E-state index >= 15 is 0 Å². The number of carbonyl (C=O) groups excluding carboxylic acids is 1. The third kappa shape index (κ3) is 4.79. The molecule has 0 spiro atoms. The van der Waals surface area contributed by atoms with E-state index in [0.717, 1.165) is 5.56 Å². The van der Waals surface area contributed by atoms with Crippen molar-refractivity contribution in [2.24, 2.45) is 0 Å². The van der Waals surface area contributed by atoms with Crippen molar-refractivity contribution in [2.45, 2.75) is 18.4 Å². The number of aromatic amines is 1. The van der Waals surface area contributed by atoms with Crippen LogP contribution in [0.4, 0.5) is 5.82 Å². The molecule has 2 aromatic carbocycles. The Morgan fingerprint density at radius 1 is 1.11 bits per heavy atom. The quantitative estimate of drug-likeness (QED) is 0.292. The normalized spacial score (nSPS) is 11.5. The van der Waals surface area contributed by atoms with Crippen molar-refractivity contribution in [3.63, 3.8) is 0 Å². The number of H-pyrrole nitrogens is 1. The highest BCUT2D eigenvalue weighted by atomic mass is 35.5. The van der Waals surface area contributed by atoms with Gasteiger partial charge in [0.2, 0.25) is 0 Å². The summed E-state index contributed by atoms with van der Waals surface area (Å²) in [7, 11) is -4.23. The molecular weight excluding hydrogens is 526 g/mol. The molecule has 0 saturated heterocycles. The summed E-state index contributed by atoms with van der Waals surface area (Å²) in [6, 6.07) is 17.7. The van der Waals surface area contributed by atoms with Crippen LogP contribution in [-0.2, 0) is 16.6 Å². The third-order valence-corrected chi connectivity index (χ3v) is 7.65. The van der Waals surface area contributed by atoms with Crippen LogP contribution >= 0.6 is 11.6 Å². The first-order valence-electron chi connectivity index (χ1n) is 11.5. The number of nitrogen functional groups attached to an aromatic ring is 1. The van der Waals surface area contributed by atoms with Crippen LogP contribution in [0.5, 0.6) is 0 Å². The summed E-state index contributed by atoms with van der Waals surface area (Å²) in [4.78, 5) is 33.3. The number of nitrogens with zero attached hydrogens (tertiary/aromatic N) is 2. The molecule has 0 saturated carbocycles. The summed E-state index contributed by atoms with van der Waals surface area (Å²) in [6.45, 7) is 1.97. The summed E-state index contributed by atoms with van der Waals surface area (Å²) in [5, 5.41) is 0.893. The first-order valence-corrected chi connectivity index (χ1v) is 13.3. The second kappa shape index (κ2) is 9.81. The van der Waals surface area contributed by atoms with E-state index in [0.29, 0.717) is 21.5 Å². The molecule has 0 aliphatic carbocycles. The number of nitrogens with two attached hydrogens (primary N) is 1. The molecule has 9 nitrogen and oxygen atoms in total. The first kappa shape index (κ1) is 25.2. The predicted octanol–water partition coefficient (Wildman–Crippen LogP) is 4.10. The zero-order valence-corrected chi connectivity index (χ0v) is 21.7. The lowest BCUT2D eigenvalue weighted by Crippen LogP contribution is -2.33. The number of hydrogen-bond acceptors (Lipinski definition) is 6. The minimum atomic E-state index is -4.23. The van der Waals surface area contributed by atoms with Crippen molar-refractivity contribution in [2.75, 3.05) is 5.73 Å². The number of aryl methyl sites for hydroxylation is 1. The zero-order chi connectivity index (χ0) is 27.0. The van der Waals surface area contributed by atoms with Crippen LogP contribution in [0.25, 0.3) is 22.0 Å². The monoisotopic (exact) mass is 547 g/mol. The van der Waals surface area contributed by atoms with Gasteiger partial charge in [-0.15, -0.1) is 0 Å². The van der Waals surface area contributed by atoms with Gasteiger partial charge in [0.05, 0.1) is 4.90 Å². The Labute approximate surface area is 223 Å². The smallest absolute Gasteiger partial charge is 0.282 e. The molecule has 192 valence electrons. The number of fused-ring (bicyclic) bond motifs is 1. The van der Waals surface area contributed by atoms with E-state index in [4.69, 9.17) is 17.3 Å². The molecule has 0 unspecified atom stereocenters. The van der Waals surface area contributed by atoms with Crippen LogP contribution in [0.3, 0.4) is 0 Å². The number of anilines is 1. The van der Waals surface area contributed by atoms with Crippen molar-refractivity contribution in [3.05, 3.63) is 111 Å². The summed E-state index contributed by atoms with van der Waals surface area (Å²) in [5.41, 5.74) is 8.00. The van der Waals surface area contributed by atoms with Crippen LogP contribution in [0.15, 0.2) is 88.8 Å². The van der Waals surface area contributed by atoms with Crippen molar-refractivity contribution in [3.8, 4) is 11.1 Å². The molecule has 0 aliphatic rings. The van der Waals surface area contributed by atoms with Crippen molar-refractivity contribution < 1.29 is 13.2 Å². The van der Waals surface area contributed by atoms with Gasteiger partial charge in [0.15, 0.2) is 0 Å². The number of benzene rings is 2. The highest BCUT2D eigenvalue weighted by Crippen LogP contribution is 2.36. The number of pyridine rings is 2. The number of nitrogens with one attached hydrogen (secondary N) is 2. The summed E-state index contributed by atoms with van der Waals surface area (Å²) in [6.07, 6.45) is 3.01. The Balaban J connectivity index is 1.76. The molecule has 4 N–H and O–H groups in total. The maximum absolute atomic E-state index is 13.8. The average molecular weight is 548 g/mol. The Morgan fingerprint density at radius 3 is 2.58 bits per heavy atom. The molecule has 5 aromatic rings. The molecule has 11 heteroatoms. The van der Waals surface area contributed by atoms with Gasteiger partial charge in [-0.2, -0.15) is 0 Å². The Hall–Kier alpha value is -4.41. The fraction of sp³-hybridized carbons (Fsp3) is 0.0741. The lowest BCUT2D eigenvalue weighted by Gasteiger charge is -2.14. The van der Waals surface area contributed by atoms with Crippen LogP contribution in [0.2, 0.25) is 5.02 Å². The number of rotatable bonds is 6. The lowest BCUT2D eigenvalue weighted by molar-refractivity contribution is 0.0974. The van der Waals surface area contributed by atoms with Crippen LogP contribution in [0, 0.1) is 6.92 Å². The van der Waals surface area contributed by atoms with Gasteiger partial charge in [-0.25, -0.2) is 18.1 Å². The van der Waals surface area contributed by atoms with E-state index in [-0.39, 0.29) is 34.1 Å². The minimum Gasteiger partial charge on any atom is -0.384 e. The molecule has 1 amide bonds. The standard InChI is InChI=1S/C27H22ClN5O4S/c1-16-4-7-19(8-5-16)38(36,37)32-27(35)25-24(20-3-2-11-31-26(20)34)21-14-18(28)6-9-22(21)33(25)15-17-10-12-30-23(29)13-17/h2-14H,15H2,1H3,(H2,29,30)(H,31,34)(H,32,35). The van der Waals surface area contributed by atoms with Gasteiger partial charge in [-0.3, -0.25) is 9.59 Å². The van der Waals surface area contributed by atoms with E-state index in [1.807, 2.05) is 6.92 Å². The van der Waals surface area contributed by atoms with E-state index in [2.05, 4.69) is 14.7 Å². The van der Waals surface area contributed by atoms with Crippen LogP contribution < -0.4 is 16.0 Å². The summed E-state index contributed by atoms with van der Waals surface area (Å²) < 4.78 is 30.2.